The molecule has 2 aliphatic heterocycles. The molecule has 0 aliphatic carbocycles. The molecule has 5 nitrogen and oxygen atoms in total. The lowest BCUT2D eigenvalue weighted by molar-refractivity contribution is -0.126. The first-order valence-electron chi connectivity index (χ1n) is 5.31. The topological polar surface area (TPSA) is 56.4 Å². The summed E-state index contributed by atoms with van der Waals surface area (Å²) in [6.07, 6.45) is 3.11. The van der Waals surface area contributed by atoms with Crippen LogP contribution in [0, 0.1) is 0 Å². The molecule has 1 atom stereocenters. The predicted octanol–water partition coefficient (Wildman–Crippen LogP) is -0.650. The Kier molecular flexibility index (Phi) is 3.37. The minimum Gasteiger partial charge on any atom is -0.355 e. The van der Waals surface area contributed by atoms with Crippen molar-refractivity contribution in [3.8, 4) is 0 Å². The molecule has 1 unspecified atom stereocenters. The number of nitrogens with zero attached hydrogens (tertiary/aromatic N) is 1. The highest BCUT2D eigenvalue weighted by Gasteiger charge is 2.28. The summed E-state index contributed by atoms with van der Waals surface area (Å²) in [4.78, 5) is 13.8. The van der Waals surface area contributed by atoms with Crippen molar-refractivity contribution in [2.75, 3.05) is 19.9 Å². The van der Waals surface area contributed by atoms with Crippen LogP contribution < -0.4 is 16.0 Å². The second-order valence-electron chi connectivity index (χ2n) is 3.89. The quantitative estimate of drug-likeness (QED) is 0.521. The van der Waals surface area contributed by atoms with Crippen LogP contribution in [0.15, 0.2) is 0 Å². The number of carbonyl (C=O) groups excluding carboxylic acids is 1. The molecule has 2 fully saturated rings. The van der Waals surface area contributed by atoms with Crippen molar-refractivity contribution in [3.05, 3.63) is 0 Å². The average Bonchev–Trinajstić information content (AvgIpc) is 2.44. The van der Waals surface area contributed by atoms with E-state index in [4.69, 9.17) is 12.2 Å². The lowest BCUT2D eigenvalue weighted by Gasteiger charge is -2.34. The lowest BCUT2D eigenvalue weighted by atomic mass is 10.1. The van der Waals surface area contributed by atoms with E-state index in [9.17, 15) is 4.79 Å². The van der Waals surface area contributed by atoms with Crippen LogP contribution in [-0.2, 0) is 4.79 Å². The highest BCUT2D eigenvalue weighted by molar-refractivity contribution is 7.80. The number of hydrogen-bond acceptors (Lipinski definition) is 3. The average molecular weight is 228 g/mol. The highest BCUT2D eigenvalue weighted by atomic mass is 32.1. The maximum Gasteiger partial charge on any atom is 0.237 e. The van der Waals surface area contributed by atoms with Gasteiger partial charge in [0, 0.05) is 6.54 Å². The fourth-order valence-corrected chi connectivity index (χ4v) is 2.09. The van der Waals surface area contributed by atoms with Gasteiger partial charge >= 0.3 is 0 Å². The smallest absolute Gasteiger partial charge is 0.237 e. The summed E-state index contributed by atoms with van der Waals surface area (Å²) >= 11 is 4.97. The SMILES string of the molecule is O=C1NCCCCC1N1CNC(=S)NC1. The van der Waals surface area contributed by atoms with Gasteiger partial charge in [0.15, 0.2) is 5.11 Å². The molecule has 0 spiro atoms. The number of hydrogen-bond donors (Lipinski definition) is 3. The van der Waals surface area contributed by atoms with Gasteiger partial charge in [0.2, 0.25) is 5.91 Å². The molecule has 2 rings (SSSR count). The van der Waals surface area contributed by atoms with Gasteiger partial charge in [-0.2, -0.15) is 0 Å². The van der Waals surface area contributed by atoms with Crippen molar-refractivity contribution in [1.82, 2.24) is 20.9 Å². The predicted molar refractivity (Wildman–Crippen MR) is 61.1 cm³/mol. The van der Waals surface area contributed by atoms with E-state index in [0.717, 1.165) is 25.8 Å². The van der Waals surface area contributed by atoms with Crippen molar-refractivity contribution in [2.24, 2.45) is 0 Å². The Balaban J connectivity index is 1.95. The second-order valence-corrected chi connectivity index (χ2v) is 4.30. The molecule has 0 saturated carbocycles. The number of nitrogens with one attached hydrogen (secondary N) is 3. The summed E-state index contributed by atoms with van der Waals surface area (Å²) < 4.78 is 0. The van der Waals surface area contributed by atoms with Crippen LogP contribution in [0.3, 0.4) is 0 Å². The summed E-state index contributed by atoms with van der Waals surface area (Å²) in [6.45, 7) is 2.12. The van der Waals surface area contributed by atoms with E-state index in [-0.39, 0.29) is 11.9 Å². The lowest BCUT2D eigenvalue weighted by Crippen LogP contribution is -2.59. The second kappa shape index (κ2) is 4.76. The molecule has 3 N–H and O–H groups in total. The van der Waals surface area contributed by atoms with Gasteiger partial charge < -0.3 is 16.0 Å². The summed E-state index contributed by atoms with van der Waals surface area (Å²) in [6, 6.07) is -0.0180. The number of carbonyl (C=O) groups is 1. The van der Waals surface area contributed by atoms with E-state index in [1.54, 1.807) is 0 Å². The molecule has 15 heavy (non-hydrogen) atoms. The van der Waals surface area contributed by atoms with Crippen LogP contribution in [-0.4, -0.2) is 41.8 Å². The third-order valence-corrected chi connectivity index (χ3v) is 3.12. The summed E-state index contributed by atoms with van der Waals surface area (Å²) in [5, 5.41) is 9.67. The minimum atomic E-state index is -0.0180. The third-order valence-electron chi connectivity index (χ3n) is 2.83. The maximum absolute atomic E-state index is 11.8. The Morgan fingerprint density at radius 3 is 2.67 bits per heavy atom. The van der Waals surface area contributed by atoms with Crippen LogP contribution in [0.5, 0.6) is 0 Å². The van der Waals surface area contributed by atoms with Crippen LogP contribution in [0.25, 0.3) is 0 Å². The fraction of sp³-hybridized carbons (Fsp3) is 0.778. The molecule has 1 amide bonds. The fourth-order valence-electron chi connectivity index (χ4n) is 1.96. The van der Waals surface area contributed by atoms with E-state index < -0.39 is 0 Å². The molecular weight excluding hydrogens is 212 g/mol. The van der Waals surface area contributed by atoms with Gasteiger partial charge in [-0.1, -0.05) is 0 Å². The summed E-state index contributed by atoms with van der Waals surface area (Å²) in [5.41, 5.74) is 0. The zero-order valence-electron chi connectivity index (χ0n) is 8.58. The van der Waals surface area contributed by atoms with Crippen LogP contribution in [0.1, 0.15) is 19.3 Å². The van der Waals surface area contributed by atoms with E-state index in [1.807, 2.05) is 0 Å². The standard InChI is InChI=1S/C9H16N4OS/c14-8-7(3-1-2-4-10-8)13-5-11-9(15)12-6-13/h7H,1-6H2,(H,10,14)(H2,11,12,15). The van der Waals surface area contributed by atoms with Crippen molar-refractivity contribution in [2.45, 2.75) is 25.3 Å². The van der Waals surface area contributed by atoms with Gasteiger partial charge in [0.25, 0.3) is 0 Å². The molecule has 2 saturated heterocycles. The van der Waals surface area contributed by atoms with Gasteiger partial charge in [0.1, 0.15) is 0 Å². The zero-order chi connectivity index (χ0) is 10.7. The Morgan fingerprint density at radius 2 is 1.93 bits per heavy atom. The minimum absolute atomic E-state index is 0.0180. The van der Waals surface area contributed by atoms with E-state index in [1.165, 1.54) is 0 Å². The molecule has 2 heterocycles. The Bertz CT molecular complexity index is 261. The maximum atomic E-state index is 11.8. The van der Waals surface area contributed by atoms with Gasteiger partial charge in [-0.3, -0.25) is 9.69 Å². The summed E-state index contributed by atoms with van der Waals surface area (Å²) in [5.74, 6) is 0.143. The van der Waals surface area contributed by atoms with Crippen molar-refractivity contribution in [3.63, 3.8) is 0 Å². The number of amides is 1. The van der Waals surface area contributed by atoms with Gasteiger partial charge in [-0.15, -0.1) is 0 Å². The number of rotatable bonds is 1. The summed E-state index contributed by atoms with van der Waals surface area (Å²) in [7, 11) is 0. The van der Waals surface area contributed by atoms with Gasteiger partial charge in [0.05, 0.1) is 19.4 Å². The molecule has 6 heteroatoms. The van der Waals surface area contributed by atoms with E-state index in [2.05, 4.69) is 20.9 Å². The largest absolute Gasteiger partial charge is 0.355 e. The Morgan fingerprint density at radius 1 is 1.20 bits per heavy atom. The first-order valence-corrected chi connectivity index (χ1v) is 5.71. The van der Waals surface area contributed by atoms with Gasteiger partial charge in [-0.05, 0) is 31.5 Å². The Labute approximate surface area is 94.6 Å². The first kappa shape index (κ1) is 10.6. The molecule has 0 radical (unpaired) electrons. The first-order chi connectivity index (χ1) is 7.27. The molecule has 2 aliphatic rings. The molecule has 0 aromatic heterocycles. The number of thiocarbonyl (C=S) groups is 1. The van der Waals surface area contributed by atoms with Crippen LogP contribution in [0.2, 0.25) is 0 Å². The van der Waals surface area contributed by atoms with E-state index in [0.29, 0.717) is 18.4 Å². The van der Waals surface area contributed by atoms with E-state index >= 15 is 0 Å². The molecule has 0 aromatic rings. The van der Waals surface area contributed by atoms with Crippen molar-refractivity contribution >= 4 is 23.2 Å². The van der Waals surface area contributed by atoms with Crippen LogP contribution in [0.4, 0.5) is 0 Å². The van der Waals surface area contributed by atoms with Crippen LogP contribution >= 0.6 is 12.2 Å². The Hall–Kier alpha value is -0.880. The van der Waals surface area contributed by atoms with Gasteiger partial charge in [-0.25, -0.2) is 0 Å². The molecule has 0 aromatic carbocycles. The molecular formula is C9H16N4OS. The third kappa shape index (κ3) is 2.57. The highest BCUT2D eigenvalue weighted by Crippen LogP contribution is 2.12. The molecule has 0 bridgehead atoms. The normalized spacial score (nSPS) is 28.7. The monoisotopic (exact) mass is 228 g/mol. The molecule has 84 valence electrons. The van der Waals surface area contributed by atoms with Crippen molar-refractivity contribution in [1.29, 1.82) is 0 Å². The van der Waals surface area contributed by atoms with Crippen molar-refractivity contribution < 1.29 is 4.79 Å². The zero-order valence-corrected chi connectivity index (χ0v) is 9.40.